The summed E-state index contributed by atoms with van der Waals surface area (Å²) in [4.78, 5) is 37.7. The highest BCUT2D eigenvalue weighted by Gasteiger charge is 2.19. The standard InChI is InChI=1S/C53H84O6/c1-4-7-10-13-16-19-21-23-25-26-28-29-31-34-37-40-43-46-52(55)58-49-50(48-57-51(54)45-42-39-36-33-18-15-12-9-6-3)59-53(56)47-44-41-38-35-32-30-27-24-22-20-17-14-11-8-5-2/h8-9,11-12,14,16-20,22-25,27,30,32-33,50H,4-7,10,13,15,21,26,28-29,31,34-49H2,1-3H3/b11-8-,12-9-,17-14-,19-16-,22-20-,25-23-,27-24-,32-30-,33-18-. The zero-order valence-corrected chi connectivity index (χ0v) is 37.7. The van der Waals surface area contributed by atoms with E-state index < -0.39 is 6.10 Å². The summed E-state index contributed by atoms with van der Waals surface area (Å²) in [6.07, 6.45) is 62.2. The van der Waals surface area contributed by atoms with Crippen LogP contribution in [0.5, 0.6) is 0 Å². The molecule has 0 bridgehead atoms. The zero-order chi connectivity index (χ0) is 43.0. The van der Waals surface area contributed by atoms with Crippen molar-refractivity contribution in [2.24, 2.45) is 0 Å². The lowest BCUT2D eigenvalue weighted by molar-refractivity contribution is -0.167. The van der Waals surface area contributed by atoms with Gasteiger partial charge in [-0.25, -0.2) is 0 Å². The van der Waals surface area contributed by atoms with E-state index in [4.69, 9.17) is 14.2 Å². The Bertz CT molecular complexity index is 1260. The van der Waals surface area contributed by atoms with Crippen molar-refractivity contribution in [3.63, 3.8) is 0 Å². The fourth-order valence-corrected chi connectivity index (χ4v) is 5.88. The Balaban J connectivity index is 4.48. The molecule has 332 valence electrons. The van der Waals surface area contributed by atoms with Crippen LogP contribution in [0.25, 0.3) is 0 Å². The van der Waals surface area contributed by atoms with Gasteiger partial charge in [0.15, 0.2) is 6.10 Å². The summed E-state index contributed by atoms with van der Waals surface area (Å²) in [6.45, 7) is 6.24. The van der Waals surface area contributed by atoms with Gasteiger partial charge in [-0.15, -0.1) is 0 Å². The van der Waals surface area contributed by atoms with E-state index in [0.717, 1.165) is 89.9 Å². The number of carbonyl (C=O) groups is 3. The van der Waals surface area contributed by atoms with Gasteiger partial charge in [0.1, 0.15) is 13.2 Å². The zero-order valence-electron chi connectivity index (χ0n) is 37.7. The fourth-order valence-electron chi connectivity index (χ4n) is 5.88. The first kappa shape index (κ1) is 55.1. The Kier molecular flexibility index (Phi) is 43.6. The summed E-state index contributed by atoms with van der Waals surface area (Å²) < 4.78 is 16.6. The van der Waals surface area contributed by atoms with Crippen molar-refractivity contribution in [2.45, 2.75) is 194 Å². The van der Waals surface area contributed by atoms with Gasteiger partial charge in [-0.3, -0.25) is 14.4 Å². The molecule has 0 aliphatic rings. The summed E-state index contributed by atoms with van der Waals surface area (Å²) >= 11 is 0. The van der Waals surface area contributed by atoms with Crippen LogP contribution in [0.15, 0.2) is 109 Å². The smallest absolute Gasteiger partial charge is 0.306 e. The first-order chi connectivity index (χ1) is 29.0. The molecule has 0 aliphatic carbocycles. The van der Waals surface area contributed by atoms with Gasteiger partial charge in [0.05, 0.1) is 0 Å². The second kappa shape index (κ2) is 46.8. The molecule has 0 aromatic heterocycles. The third-order valence-corrected chi connectivity index (χ3v) is 9.37. The van der Waals surface area contributed by atoms with E-state index in [1.807, 2.05) is 48.6 Å². The molecule has 6 nitrogen and oxygen atoms in total. The maximum atomic E-state index is 12.7. The van der Waals surface area contributed by atoms with Crippen LogP contribution in [-0.2, 0) is 28.6 Å². The highest BCUT2D eigenvalue weighted by molar-refractivity contribution is 5.71. The topological polar surface area (TPSA) is 78.9 Å². The van der Waals surface area contributed by atoms with Gasteiger partial charge in [0, 0.05) is 19.3 Å². The summed E-state index contributed by atoms with van der Waals surface area (Å²) in [7, 11) is 0. The second-order valence-corrected chi connectivity index (χ2v) is 15.0. The van der Waals surface area contributed by atoms with Gasteiger partial charge in [-0.2, -0.15) is 0 Å². The Hall–Kier alpha value is -3.93. The predicted molar refractivity (Wildman–Crippen MR) is 251 cm³/mol. The number of hydrogen-bond acceptors (Lipinski definition) is 6. The Morgan fingerprint density at radius 2 is 0.746 bits per heavy atom. The molecule has 0 radical (unpaired) electrons. The highest BCUT2D eigenvalue weighted by atomic mass is 16.6. The third-order valence-electron chi connectivity index (χ3n) is 9.37. The van der Waals surface area contributed by atoms with Crippen molar-refractivity contribution in [3.05, 3.63) is 109 Å². The molecule has 0 aliphatic heterocycles. The normalized spacial score (nSPS) is 13.1. The lowest BCUT2D eigenvalue weighted by Gasteiger charge is -2.18. The predicted octanol–water partition coefficient (Wildman–Crippen LogP) is 15.2. The molecule has 1 unspecified atom stereocenters. The van der Waals surface area contributed by atoms with Crippen molar-refractivity contribution in [3.8, 4) is 0 Å². The van der Waals surface area contributed by atoms with Crippen molar-refractivity contribution in [1.82, 2.24) is 0 Å². The highest BCUT2D eigenvalue weighted by Crippen LogP contribution is 2.12. The summed E-state index contributed by atoms with van der Waals surface area (Å²) in [5, 5.41) is 0. The molecule has 1 atom stereocenters. The number of ether oxygens (including phenoxy) is 3. The molecule has 6 heteroatoms. The lowest BCUT2D eigenvalue weighted by atomic mass is 10.1. The van der Waals surface area contributed by atoms with Crippen molar-refractivity contribution >= 4 is 17.9 Å². The molecule has 0 saturated carbocycles. The summed E-state index contributed by atoms with van der Waals surface area (Å²) in [5.41, 5.74) is 0. The van der Waals surface area contributed by atoms with Gasteiger partial charge >= 0.3 is 17.9 Å². The molecule has 0 aromatic carbocycles. The average molecular weight is 817 g/mol. The molecule has 0 N–H and O–H groups in total. The SMILES string of the molecule is CC\C=C/C=C\C=C/C=C\C=C/CCCCCC(=O)OC(COC(=O)CCCC/C=C\C/C=C\CC)COC(=O)CCCCCCCCC/C=C\C/C=C\CCCCC. The van der Waals surface area contributed by atoms with Crippen LogP contribution in [0.2, 0.25) is 0 Å². The van der Waals surface area contributed by atoms with Crippen molar-refractivity contribution in [1.29, 1.82) is 0 Å². The van der Waals surface area contributed by atoms with E-state index in [1.54, 1.807) is 0 Å². The molecule has 0 fully saturated rings. The molecule has 0 saturated heterocycles. The fraction of sp³-hybridized carbons (Fsp3) is 0.604. The molecule has 0 aromatic rings. The van der Waals surface area contributed by atoms with Gasteiger partial charge in [0.2, 0.25) is 0 Å². The minimum absolute atomic E-state index is 0.113. The first-order valence-electron chi connectivity index (χ1n) is 23.5. The van der Waals surface area contributed by atoms with E-state index in [0.29, 0.717) is 19.3 Å². The van der Waals surface area contributed by atoms with Gasteiger partial charge in [-0.05, 0) is 96.3 Å². The number of allylic oxidation sites excluding steroid dienone is 18. The Labute approximate surface area is 361 Å². The van der Waals surface area contributed by atoms with Crippen LogP contribution < -0.4 is 0 Å². The Morgan fingerprint density at radius 1 is 0.373 bits per heavy atom. The molecular formula is C53H84O6. The number of rotatable bonds is 40. The minimum Gasteiger partial charge on any atom is -0.462 e. The molecule has 0 heterocycles. The van der Waals surface area contributed by atoms with Crippen molar-refractivity contribution < 1.29 is 28.6 Å². The van der Waals surface area contributed by atoms with E-state index in [-0.39, 0.29) is 37.5 Å². The number of hydrogen-bond donors (Lipinski definition) is 0. The average Bonchev–Trinajstić information content (AvgIpc) is 3.23. The van der Waals surface area contributed by atoms with Gasteiger partial charge in [0.25, 0.3) is 0 Å². The first-order valence-corrected chi connectivity index (χ1v) is 23.5. The van der Waals surface area contributed by atoms with Crippen LogP contribution in [0.4, 0.5) is 0 Å². The minimum atomic E-state index is -0.816. The van der Waals surface area contributed by atoms with Crippen molar-refractivity contribution in [2.75, 3.05) is 13.2 Å². The summed E-state index contributed by atoms with van der Waals surface area (Å²) in [6, 6.07) is 0. The van der Waals surface area contributed by atoms with E-state index in [1.165, 1.54) is 51.4 Å². The molecule has 0 rings (SSSR count). The number of esters is 3. The van der Waals surface area contributed by atoms with Crippen LogP contribution in [0, 0.1) is 0 Å². The molecule has 0 spiro atoms. The lowest BCUT2D eigenvalue weighted by Crippen LogP contribution is -2.30. The Morgan fingerprint density at radius 3 is 1.27 bits per heavy atom. The van der Waals surface area contributed by atoms with Gasteiger partial charge < -0.3 is 14.2 Å². The van der Waals surface area contributed by atoms with E-state index >= 15 is 0 Å². The number of unbranched alkanes of at least 4 members (excludes halogenated alkanes) is 15. The van der Waals surface area contributed by atoms with Gasteiger partial charge in [-0.1, -0.05) is 182 Å². The summed E-state index contributed by atoms with van der Waals surface area (Å²) in [5.74, 6) is -1.01. The van der Waals surface area contributed by atoms with E-state index in [2.05, 4.69) is 81.5 Å². The monoisotopic (exact) mass is 817 g/mol. The second-order valence-electron chi connectivity index (χ2n) is 15.0. The maximum Gasteiger partial charge on any atom is 0.306 e. The van der Waals surface area contributed by atoms with Crippen LogP contribution >= 0.6 is 0 Å². The molecule has 0 amide bonds. The van der Waals surface area contributed by atoms with Crippen LogP contribution in [0.3, 0.4) is 0 Å². The maximum absolute atomic E-state index is 12.7. The quantitative estimate of drug-likeness (QED) is 0.0201. The number of carbonyl (C=O) groups excluding carboxylic acids is 3. The van der Waals surface area contributed by atoms with Crippen LogP contribution in [0.1, 0.15) is 188 Å². The largest absolute Gasteiger partial charge is 0.462 e. The molecular weight excluding hydrogens is 733 g/mol. The van der Waals surface area contributed by atoms with Crippen LogP contribution in [-0.4, -0.2) is 37.2 Å². The molecule has 59 heavy (non-hydrogen) atoms. The van der Waals surface area contributed by atoms with E-state index in [9.17, 15) is 14.4 Å². The third kappa shape index (κ3) is 45.0.